The summed E-state index contributed by atoms with van der Waals surface area (Å²) in [5.74, 6) is -2.60. The second-order valence-electron chi connectivity index (χ2n) is 5.82. The molecule has 8 nitrogen and oxygen atoms in total. The average Bonchev–Trinajstić information content (AvgIpc) is 2.43. The van der Waals surface area contributed by atoms with Gasteiger partial charge in [0.05, 0.1) is 0 Å². The Morgan fingerprint density at radius 1 is 0.667 bits per heavy atom. The Balaban J connectivity index is 4.37. The van der Waals surface area contributed by atoms with E-state index >= 15 is 0 Å². The molecule has 0 aromatic rings. The van der Waals surface area contributed by atoms with E-state index in [0.717, 1.165) is 12.2 Å². The van der Waals surface area contributed by atoms with Crippen LogP contribution in [0.2, 0.25) is 0 Å². The first-order valence-corrected chi connectivity index (χ1v) is 7.73. The maximum atomic E-state index is 11.6. The van der Waals surface area contributed by atoms with Crippen molar-refractivity contribution < 1.29 is 28.7 Å². The fourth-order valence-electron chi connectivity index (χ4n) is 1.47. The summed E-state index contributed by atoms with van der Waals surface area (Å²) in [7, 11) is 0. The van der Waals surface area contributed by atoms with Gasteiger partial charge in [-0.05, 0) is 41.5 Å². The van der Waals surface area contributed by atoms with Crippen molar-refractivity contribution in [2.75, 3.05) is 0 Å². The van der Waals surface area contributed by atoms with Crippen molar-refractivity contribution in [3.8, 4) is 0 Å². The summed E-state index contributed by atoms with van der Waals surface area (Å²) in [5, 5.41) is 5.18. The molecule has 2 N–H and O–H groups in total. The molecule has 24 heavy (non-hydrogen) atoms. The molecule has 0 unspecified atom stereocenters. The third-order valence-electron chi connectivity index (χ3n) is 2.54. The number of carbonyl (C=O) groups excluding carboxylic acids is 4. The van der Waals surface area contributed by atoms with Crippen molar-refractivity contribution in [1.29, 1.82) is 0 Å². The third-order valence-corrected chi connectivity index (χ3v) is 2.54. The molecule has 0 radical (unpaired) electrons. The van der Waals surface area contributed by atoms with E-state index in [9.17, 15) is 19.2 Å². The van der Waals surface area contributed by atoms with Crippen molar-refractivity contribution in [2.24, 2.45) is 0 Å². The van der Waals surface area contributed by atoms with E-state index in [-0.39, 0.29) is 12.1 Å². The van der Waals surface area contributed by atoms with E-state index in [4.69, 9.17) is 9.47 Å². The molecular weight excluding hydrogens is 316 g/mol. The van der Waals surface area contributed by atoms with Crippen LogP contribution < -0.4 is 10.6 Å². The van der Waals surface area contributed by atoms with Crippen LogP contribution in [0.4, 0.5) is 0 Å². The Bertz CT molecular complexity index is 455. The SMILES string of the molecule is CC(C)NC(=O)[C@H](C)OC(=O)/C=C/C(=O)O[C@@H](C)C(=O)NC(C)C. The number of rotatable bonds is 8. The first-order chi connectivity index (χ1) is 11.0. The lowest BCUT2D eigenvalue weighted by molar-refractivity contribution is -0.151. The largest absolute Gasteiger partial charge is 0.449 e. The smallest absolute Gasteiger partial charge is 0.331 e. The quantitative estimate of drug-likeness (QED) is 0.489. The lowest BCUT2D eigenvalue weighted by atomic mass is 10.3. The Kier molecular flexibility index (Phi) is 9.37. The molecule has 0 saturated heterocycles. The summed E-state index contributed by atoms with van der Waals surface area (Å²) in [6.07, 6.45) is -0.295. The number of esters is 2. The van der Waals surface area contributed by atoms with Crippen molar-refractivity contribution in [3.63, 3.8) is 0 Å². The molecule has 0 aromatic carbocycles. The van der Waals surface area contributed by atoms with E-state index in [1.165, 1.54) is 13.8 Å². The first kappa shape index (κ1) is 21.6. The van der Waals surface area contributed by atoms with Crippen LogP contribution in [0.1, 0.15) is 41.5 Å². The summed E-state index contributed by atoms with van der Waals surface area (Å²) in [6.45, 7) is 9.94. The molecule has 0 rings (SSSR count). The van der Waals surface area contributed by atoms with Gasteiger partial charge in [-0.25, -0.2) is 9.59 Å². The van der Waals surface area contributed by atoms with Gasteiger partial charge in [-0.1, -0.05) is 0 Å². The van der Waals surface area contributed by atoms with Crippen molar-refractivity contribution in [3.05, 3.63) is 12.2 Å². The van der Waals surface area contributed by atoms with Gasteiger partial charge in [-0.15, -0.1) is 0 Å². The topological polar surface area (TPSA) is 111 Å². The second-order valence-corrected chi connectivity index (χ2v) is 5.82. The second kappa shape index (κ2) is 10.4. The third kappa shape index (κ3) is 9.60. The lowest BCUT2D eigenvalue weighted by Gasteiger charge is -2.15. The molecule has 0 spiro atoms. The van der Waals surface area contributed by atoms with E-state index in [1.807, 2.05) is 0 Å². The standard InChI is InChI=1S/C16H26N2O6/c1-9(2)17-15(21)11(5)23-13(19)7-8-14(20)24-12(6)16(22)18-10(3)4/h7-12H,1-6H3,(H,17,21)(H,18,22)/b8-7+/t11-,12-/m0/s1. The highest BCUT2D eigenvalue weighted by molar-refractivity contribution is 5.94. The van der Waals surface area contributed by atoms with Crippen molar-refractivity contribution in [1.82, 2.24) is 10.6 Å². The summed E-state index contributed by atoms with van der Waals surface area (Å²) in [5.41, 5.74) is 0. The van der Waals surface area contributed by atoms with Gasteiger partial charge in [0.15, 0.2) is 12.2 Å². The first-order valence-electron chi connectivity index (χ1n) is 7.73. The lowest BCUT2D eigenvalue weighted by Crippen LogP contribution is -2.39. The van der Waals surface area contributed by atoms with E-state index in [0.29, 0.717) is 0 Å². The summed E-state index contributed by atoms with van der Waals surface area (Å²) in [6, 6.07) is -0.162. The zero-order valence-electron chi connectivity index (χ0n) is 14.9. The Morgan fingerprint density at radius 2 is 0.958 bits per heavy atom. The Morgan fingerprint density at radius 3 is 1.21 bits per heavy atom. The maximum Gasteiger partial charge on any atom is 0.331 e. The predicted octanol–water partition coefficient (Wildman–Crippen LogP) is 0.455. The average molecular weight is 342 g/mol. The molecule has 0 aliphatic carbocycles. The van der Waals surface area contributed by atoms with Gasteiger partial charge in [0, 0.05) is 24.2 Å². The zero-order valence-corrected chi connectivity index (χ0v) is 14.9. The Hall–Kier alpha value is -2.38. The van der Waals surface area contributed by atoms with Gasteiger partial charge in [-0.2, -0.15) is 0 Å². The number of hydrogen-bond donors (Lipinski definition) is 2. The molecule has 136 valence electrons. The zero-order chi connectivity index (χ0) is 18.9. The van der Waals surface area contributed by atoms with Gasteiger partial charge in [0.25, 0.3) is 11.8 Å². The molecule has 0 saturated carbocycles. The molecule has 0 heterocycles. The van der Waals surface area contributed by atoms with Gasteiger partial charge in [0.2, 0.25) is 0 Å². The minimum atomic E-state index is -0.990. The van der Waals surface area contributed by atoms with Crippen LogP contribution in [-0.4, -0.2) is 48.0 Å². The molecule has 0 bridgehead atoms. The van der Waals surface area contributed by atoms with Gasteiger partial charge in [0.1, 0.15) is 0 Å². The number of nitrogens with one attached hydrogen (secondary N) is 2. The summed E-state index contributed by atoms with van der Waals surface area (Å²) >= 11 is 0. The van der Waals surface area contributed by atoms with Crippen LogP contribution in [-0.2, 0) is 28.7 Å². The van der Waals surface area contributed by atoms with Gasteiger partial charge < -0.3 is 20.1 Å². The maximum absolute atomic E-state index is 11.6. The molecule has 0 aliphatic rings. The van der Waals surface area contributed by atoms with E-state index in [2.05, 4.69) is 10.6 Å². The fraction of sp³-hybridized carbons (Fsp3) is 0.625. The highest BCUT2D eigenvalue weighted by Crippen LogP contribution is 1.97. The molecule has 8 heteroatoms. The molecular formula is C16H26N2O6. The van der Waals surface area contributed by atoms with Gasteiger partial charge in [-0.3, -0.25) is 9.59 Å². The number of ether oxygens (including phenoxy) is 2. The van der Waals surface area contributed by atoms with Crippen LogP contribution in [0.3, 0.4) is 0 Å². The molecule has 0 fully saturated rings. The minimum absolute atomic E-state index is 0.0809. The van der Waals surface area contributed by atoms with Crippen molar-refractivity contribution in [2.45, 2.75) is 65.8 Å². The van der Waals surface area contributed by atoms with Crippen LogP contribution in [0.5, 0.6) is 0 Å². The monoisotopic (exact) mass is 342 g/mol. The number of carbonyl (C=O) groups is 4. The molecule has 2 atom stereocenters. The van der Waals surface area contributed by atoms with E-state index < -0.39 is 36.0 Å². The van der Waals surface area contributed by atoms with Crippen LogP contribution in [0.25, 0.3) is 0 Å². The van der Waals surface area contributed by atoms with Gasteiger partial charge >= 0.3 is 11.9 Å². The Labute approximate surface area is 141 Å². The number of amides is 2. The highest BCUT2D eigenvalue weighted by atomic mass is 16.6. The fourth-order valence-corrected chi connectivity index (χ4v) is 1.47. The number of hydrogen-bond acceptors (Lipinski definition) is 6. The van der Waals surface area contributed by atoms with Crippen molar-refractivity contribution >= 4 is 23.8 Å². The normalized spacial score (nSPS) is 13.5. The van der Waals surface area contributed by atoms with E-state index in [1.54, 1.807) is 27.7 Å². The summed E-state index contributed by atoms with van der Waals surface area (Å²) in [4.78, 5) is 46.2. The highest BCUT2D eigenvalue weighted by Gasteiger charge is 2.19. The van der Waals surface area contributed by atoms with Crippen LogP contribution in [0, 0.1) is 0 Å². The van der Waals surface area contributed by atoms with Crippen LogP contribution in [0.15, 0.2) is 12.2 Å². The molecule has 0 aliphatic heterocycles. The van der Waals surface area contributed by atoms with Crippen LogP contribution >= 0.6 is 0 Å². The molecule has 0 aromatic heterocycles. The summed E-state index contributed by atoms with van der Waals surface area (Å²) < 4.78 is 9.69. The minimum Gasteiger partial charge on any atom is -0.449 e. The molecule has 2 amide bonds. The predicted molar refractivity (Wildman–Crippen MR) is 86.8 cm³/mol.